The van der Waals surface area contributed by atoms with Crippen LogP contribution in [0.25, 0.3) is 0 Å². The number of rotatable bonds is 5. The molecular weight excluding hydrogens is 324 g/mol. The van der Waals surface area contributed by atoms with Gasteiger partial charge in [-0.2, -0.15) is 0 Å². The summed E-state index contributed by atoms with van der Waals surface area (Å²) in [6.07, 6.45) is 3.01. The van der Waals surface area contributed by atoms with Crippen LogP contribution >= 0.6 is 15.9 Å². The maximum absolute atomic E-state index is 11.9. The van der Waals surface area contributed by atoms with Gasteiger partial charge in [0.2, 0.25) is 5.91 Å². The average molecular weight is 341 g/mol. The summed E-state index contributed by atoms with van der Waals surface area (Å²) in [7, 11) is 0. The number of ether oxygens (including phenoxy) is 1. The summed E-state index contributed by atoms with van der Waals surface area (Å²) in [6.45, 7) is -0.128. The number of halogens is 1. The summed E-state index contributed by atoms with van der Waals surface area (Å²) in [5.41, 5.74) is 4.52. The minimum absolute atomic E-state index is 0.128. The molecule has 108 valence electrons. The van der Waals surface area contributed by atoms with Gasteiger partial charge in [0.25, 0.3) is 5.91 Å². The Morgan fingerprint density at radius 1 is 1.25 bits per heavy atom. The van der Waals surface area contributed by atoms with Gasteiger partial charge in [-0.15, -0.1) is 0 Å². The van der Waals surface area contributed by atoms with Crippen molar-refractivity contribution in [3.63, 3.8) is 0 Å². The number of nitrogens with two attached hydrogens (primary N) is 1. The van der Waals surface area contributed by atoms with E-state index in [9.17, 15) is 9.59 Å². The fraction of sp³-hybridized carbons (Fsp3) is 0.429. The molecule has 0 spiro atoms. The Labute approximate surface area is 126 Å². The molecule has 1 aliphatic rings. The molecule has 5 nitrogen and oxygen atoms in total. The lowest BCUT2D eigenvalue weighted by molar-refractivity contribution is -0.132. The maximum Gasteiger partial charge on any atom is 0.258 e. The fourth-order valence-corrected chi connectivity index (χ4v) is 2.66. The molecule has 1 aliphatic carbocycles. The summed E-state index contributed by atoms with van der Waals surface area (Å²) in [5, 5.41) is 2.73. The fourth-order valence-electron chi connectivity index (χ4n) is 2.39. The second-order valence-electron chi connectivity index (χ2n) is 4.94. The largest absolute Gasteiger partial charge is 0.484 e. The van der Waals surface area contributed by atoms with Gasteiger partial charge in [-0.1, -0.05) is 28.8 Å². The molecule has 3 N–H and O–H groups in total. The smallest absolute Gasteiger partial charge is 0.258 e. The second kappa shape index (κ2) is 6.26. The van der Waals surface area contributed by atoms with Gasteiger partial charge in [0.15, 0.2) is 6.61 Å². The summed E-state index contributed by atoms with van der Waals surface area (Å²) in [6, 6.07) is 7.18. The minimum Gasteiger partial charge on any atom is -0.484 e. The van der Waals surface area contributed by atoms with Crippen molar-refractivity contribution in [2.75, 3.05) is 6.61 Å². The third-order valence-electron chi connectivity index (χ3n) is 3.49. The summed E-state index contributed by atoms with van der Waals surface area (Å²) in [4.78, 5) is 23.4. The van der Waals surface area contributed by atoms with Gasteiger partial charge >= 0.3 is 0 Å². The number of nitrogens with one attached hydrogen (secondary N) is 1. The first-order valence-corrected chi connectivity index (χ1v) is 7.30. The number of primary amides is 1. The van der Waals surface area contributed by atoms with Crippen LogP contribution in [-0.2, 0) is 9.59 Å². The highest BCUT2D eigenvalue weighted by molar-refractivity contribution is 9.10. The third-order valence-corrected chi connectivity index (χ3v) is 4.02. The lowest BCUT2D eigenvalue weighted by Crippen LogP contribution is -2.56. The lowest BCUT2D eigenvalue weighted by Gasteiger charge is -2.26. The van der Waals surface area contributed by atoms with Crippen molar-refractivity contribution in [3.8, 4) is 5.75 Å². The average Bonchev–Trinajstić information content (AvgIpc) is 2.88. The van der Waals surface area contributed by atoms with Crippen LogP contribution in [0.5, 0.6) is 5.75 Å². The van der Waals surface area contributed by atoms with E-state index in [2.05, 4.69) is 21.2 Å². The number of carbonyl (C=O) groups is 2. The minimum atomic E-state index is -0.889. The number of hydrogen-bond donors (Lipinski definition) is 2. The van der Waals surface area contributed by atoms with Crippen molar-refractivity contribution in [2.45, 2.75) is 31.2 Å². The lowest BCUT2D eigenvalue weighted by atomic mass is 9.97. The van der Waals surface area contributed by atoms with Gasteiger partial charge in [-0.05, 0) is 37.1 Å². The Bertz CT molecular complexity index is 496. The van der Waals surface area contributed by atoms with Gasteiger partial charge in [-0.3, -0.25) is 9.59 Å². The normalized spacial score (nSPS) is 16.6. The first-order chi connectivity index (χ1) is 9.52. The zero-order valence-electron chi connectivity index (χ0n) is 11.0. The highest BCUT2D eigenvalue weighted by Gasteiger charge is 2.40. The van der Waals surface area contributed by atoms with Gasteiger partial charge < -0.3 is 15.8 Å². The van der Waals surface area contributed by atoms with Crippen molar-refractivity contribution < 1.29 is 14.3 Å². The monoisotopic (exact) mass is 340 g/mol. The number of carbonyl (C=O) groups excluding carboxylic acids is 2. The van der Waals surface area contributed by atoms with E-state index in [-0.39, 0.29) is 12.5 Å². The molecule has 1 saturated carbocycles. The Kier molecular flexibility index (Phi) is 4.65. The van der Waals surface area contributed by atoms with E-state index in [1.54, 1.807) is 12.1 Å². The predicted molar refractivity (Wildman–Crippen MR) is 78.2 cm³/mol. The zero-order valence-corrected chi connectivity index (χ0v) is 12.6. The van der Waals surface area contributed by atoms with E-state index < -0.39 is 11.4 Å². The molecule has 2 amide bonds. The Morgan fingerprint density at radius 3 is 2.40 bits per heavy atom. The van der Waals surface area contributed by atoms with E-state index in [1.165, 1.54) is 0 Å². The summed E-state index contributed by atoms with van der Waals surface area (Å²) >= 11 is 3.32. The van der Waals surface area contributed by atoms with Crippen LogP contribution in [0.4, 0.5) is 0 Å². The standard InChI is InChI=1S/C14H17BrN2O3/c15-10-3-5-11(6-4-10)20-9-12(18)17-14(13(16)19)7-1-2-8-14/h3-6H,1-2,7-9H2,(H2,16,19)(H,17,18). The van der Waals surface area contributed by atoms with Crippen LogP contribution < -0.4 is 15.8 Å². The van der Waals surface area contributed by atoms with Crippen LogP contribution in [-0.4, -0.2) is 24.0 Å². The first kappa shape index (κ1) is 14.8. The molecule has 1 aromatic carbocycles. The van der Waals surface area contributed by atoms with Crippen LogP contribution in [0.2, 0.25) is 0 Å². The topological polar surface area (TPSA) is 81.4 Å². The third kappa shape index (κ3) is 3.50. The van der Waals surface area contributed by atoms with E-state index in [0.29, 0.717) is 18.6 Å². The van der Waals surface area contributed by atoms with E-state index in [4.69, 9.17) is 10.5 Å². The summed E-state index contributed by atoms with van der Waals surface area (Å²) < 4.78 is 6.31. The Hall–Kier alpha value is -1.56. The molecule has 0 bridgehead atoms. The van der Waals surface area contributed by atoms with Gasteiger partial charge in [-0.25, -0.2) is 0 Å². The van der Waals surface area contributed by atoms with Crippen LogP contribution in [0.1, 0.15) is 25.7 Å². The Morgan fingerprint density at radius 2 is 1.85 bits per heavy atom. The molecule has 20 heavy (non-hydrogen) atoms. The van der Waals surface area contributed by atoms with E-state index in [1.807, 2.05) is 12.1 Å². The number of amides is 2. The number of hydrogen-bond acceptors (Lipinski definition) is 3. The van der Waals surface area contributed by atoms with Crippen LogP contribution in [0.3, 0.4) is 0 Å². The highest BCUT2D eigenvalue weighted by Crippen LogP contribution is 2.29. The molecule has 1 fully saturated rings. The molecule has 2 rings (SSSR count). The summed E-state index contributed by atoms with van der Waals surface area (Å²) in [5.74, 6) is -0.191. The van der Waals surface area contributed by atoms with Crippen LogP contribution in [0, 0.1) is 0 Å². The zero-order chi connectivity index (χ0) is 14.6. The molecule has 0 radical (unpaired) electrons. The van der Waals surface area contributed by atoms with Gasteiger partial charge in [0, 0.05) is 4.47 Å². The molecule has 0 aromatic heterocycles. The molecule has 6 heteroatoms. The van der Waals surface area contributed by atoms with E-state index in [0.717, 1.165) is 17.3 Å². The van der Waals surface area contributed by atoms with Crippen molar-refractivity contribution in [2.24, 2.45) is 5.73 Å². The van der Waals surface area contributed by atoms with Crippen molar-refractivity contribution >= 4 is 27.7 Å². The van der Waals surface area contributed by atoms with Crippen molar-refractivity contribution in [1.29, 1.82) is 0 Å². The molecular formula is C14H17BrN2O3. The van der Waals surface area contributed by atoms with Crippen molar-refractivity contribution in [3.05, 3.63) is 28.7 Å². The molecule has 0 heterocycles. The van der Waals surface area contributed by atoms with Gasteiger partial charge in [0.05, 0.1) is 0 Å². The molecule has 0 atom stereocenters. The first-order valence-electron chi connectivity index (χ1n) is 6.51. The van der Waals surface area contributed by atoms with Crippen LogP contribution in [0.15, 0.2) is 28.7 Å². The van der Waals surface area contributed by atoms with E-state index >= 15 is 0 Å². The maximum atomic E-state index is 11.9. The quantitative estimate of drug-likeness (QED) is 0.856. The molecule has 0 aliphatic heterocycles. The Balaban J connectivity index is 1.89. The predicted octanol–water partition coefficient (Wildman–Crippen LogP) is 1.74. The molecule has 0 unspecified atom stereocenters. The van der Waals surface area contributed by atoms with Crippen molar-refractivity contribution in [1.82, 2.24) is 5.32 Å². The SMILES string of the molecule is NC(=O)C1(NC(=O)COc2ccc(Br)cc2)CCCC1. The molecule has 1 aromatic rings. The highest BCUT2D eigenvalue weighted by atomic mass is 79.9. The van der Waals surface area contributed by atoms with Gasteiger partial charge in [0.1, 0.15) is 11.3 Å². The second-order valence-corrected chi connectivity index (χ2v) is 5.86. The number of benzene rings is 1. The molecule has 0 saturated heterocycles.